The van der Waals surface area contributed by atoms with E-state index in [4.69, 9.17) is 0 Å². The van der Waals surface area contributed by atoms with Gasteiger partial charge in [-0.15, -0.1) is 0 Å². The van der Waals surface area contributed by atoms with Gasteiger partial charge in [0.05, 0.1) is 0 Å². The highest BCUT2D eigenvalue weighted by atomic mass is 16.4. The Morgan fingerprint density at radius 1 is 1.38 bits per heavy atom. The minimum Gasteiger partial charge on any atom is -0.480 e. The molecular formula is C16H22N2O3. The molecule has 1 aromatic carbocycles. The summed E-state index contributed by atoms with van der Waals surface area (Å²) in [7, 11) is 0. The topological polar surface area (TPSA) is 69.6 Å². The van der Waals surface area contributed by atoms with E-state index in [1.165, 1.54) is 0 Å². The summed E-state index contributed by atoms with van der Waals surface area (Å²) in [6.07, 6.45) is 2.55. The molecule has 2 amide bonds. The summed E-state index contributed by atoms with van der Waals surface area (Å²) in [5.74, 6) is -1.09. The number of hydrogen-bond acceptors (Lipinski definition) is 2. The van der Waals surface area contributed by atoms with Crippen LogP contribution in [0.5, 0.6) is 0 Å². The van der Waals surface area contributed by atoms with Gasteiger partial charge in [-0.1, -0.05) is 38.5 Å². The third kappa shape index (κ3) is 3.35. The maximum atomic E-state index is 12.4. The van der Waals surface area contributed by atoms with Gasteiger partial charge < -0.3 is 10.4 Å². The molecule has 0 saturated carbocycles. The molecule has 1 aliphatic rings. The number of fused-ring (bicyclic) bond motifs is 1. The minimum absolute atomic E-state index is 0.105. The lowest BCUT2D eigenvalue weighted by molar-refractivity contribution is -0.140. The summed E-state index contributed by atoms with van der Waals surface area (Å²) < 4.78 is 0. The first kappa shape index (κ1) is 15.4. The summed E-state index contributed by atoms with van der Waals surface area (Å²) in [4.78, 5) is 25.4. The second-order valence-corrected chi connectivity index (χ2v) is 5.53. The van der Waals surface area contributed by atoms with Crippen molar-refractivity contribution in [3.63, 3.8) is 0 Å². The van der Waals surface area contributed by atoms with Crippen LogP contribution in [-0.4, -0.2) is 29.7 Å². The van der Waals surface area contributed by atoms with Crippen LogP contribution < -0.4 is 10.2 Å². The molecule has 0 fully saturated rings. The number of para-hydroxylation sites is 1. The smallest absolute Gasteiger partial charge is 0.326 e. The van der Waals surface area contributed by atoms with Gasteiger partial charge in [0, 0.05) is 12.2 Å². The Hall–Kier alpha value is -2.04. The SMILES string of the molecule is CC[C@@H](C)[C@H](NC(=O)N1CCCc2ccccc21)C(=O)O. The fraction of sp³-hybridized carbons (Fsp3) is 0.500. The molecule has 2 rings (SSSR count). The van der Waals surface area contributed by atoms with Crippen molar-refractivity contribution < 1.29 is 14.7 Å². The predicted molar refractivity (Wildman–Crippen MR) is 81.5 cm³/mol. The first-order chi connectivity index (χ1) is 10.0. The Morgan fingerprint density at radius 2 is 2.10 bits per heavy atom. The lowest BCUT2D eigenvalue weighted by atomic mass is 9.99. The molecule has 114 valence electrons. The molecular weight excluding hydrogens is 268 g/mol. The van der Waals surface area contributed by atoms with E-state index < -0.39 is 12.0 Å². The van der Waals surface area contributed by atoms with Crippen molar-refractivity contribution in [2.45, 2.75) is 39.2 Å². The van der Waals surface area contributed by atoms with Crippen molar-refractivity contribution in [3.8, 4) is 0 Å². The quantitative estimate of drug-likeness (QED) is 0.895. The highest BCUT2D eigenvalue weighted by Gasteiger charge is 2.29. The number of urea groups is 1. The first-order valence-electron chi connectivity index (χ1n) is 7.43. The zero-order valence-electron chi connectivity index (χ0n) is 12.5. The largest absolute Gasteiger partial charge is 0.480 e. The maximum absolute atomic E-state index is 12.4. The number of carbonyl (C=O) groups excluding carboxylic acids is 1. The van der Waals surface area contributed by atoms with Gasteiger partial charge >= 0.3 is 12.0 Å². The summed E-state index contributed by atoms with van der Waals surface area (Å²) in [6, 6.07) is 6.60. The number of carboxylic acids is 1. The highest BCUT2D eigenvalue weighted by Crippen LogP contribution is 2.26. The number of carbonyl (C=O) groups is 2. The number of rotatable bonds is 4. The van der Waals surface area contributed by atoms with Crippen molar-refractivity contribution in [2.75, 3.05) is 11.4 Å². The number of amides is 2. The third-order valence-electron chi connectivity index (χ3n) is 4.11. The zero-order valence-corrected chi connectivity index (χ0v) is 12.5. The van der Waals surface area contributed by atoms with Crippen LogP contribution in [0.15, 0.2) is 24.3 Å². The van der Waals surface area contributed by atoms with Crippen LogP contribution in [0.25, 0.3) is 0 Å². The second-order valence-electron chi connectivity index (χ2n) is 5.53. The van der Waals surface area contributed by atoms with Crippen molar-refractivity contribution in [1.82, 2.24) is 5.32 Å². The number of hydrogen-bond donors (Lipinski definition) is 2. The number of carboxylic acid groups (broad SMARTS) is 1. The van der Waals surface area contributed by atoms with E-state index in [-0.39, 0.29) is 11.9 Å². The molecule has 0 aromatic heterocycles. The molecule has 0 unspecified atom stereocenters. The standard InChI is InChI=1S/C16H22N2O3/c1-3-11(2)14(15(19)20)17-16(21)18-10-6-8-12-7-4-5-9-13(12)18/h4-5,7,9,11,14H,3,6,8,10H2,1-2H3,(H,17,21)(H,19,20)/t11-,14+/m1/s1. The van der Waals surface area contributed by atoms with Crippen LogP contribution in [-0.2, 0) is 11.2 Å². The van der Waals surface area contributed by atoms with Crippen molar-refractivity contribution in [3.05, 3.63) is 29.8 Å². The monoisotopic (exact) mass is 290 g/mol. The highest BCUT2D eigenvalue weighted by molar-refractivity contribution is 5.95. The number of nitrogens with one attached hydrogen (secondary N) is 1. The molecule has 21 heavy (non-hydrogen) atoms. The van der Waals surface area contributed by atoms with Crippen LogP contribution in [0, 0.1) is 5.92 Å². The van der Waals surface area contributed by atoms with E-state index in [0.717, 1.165) is 24.1 Å². The Labute approximate surface area is 125 Å². The Bertz CT molecular complexity index is 530. The maximum Gasteiger partial charge on any atom is 0.326 e. The molecule has 1 aliphatic heterocycles. The molecule has 5 heteroatoms. The van der Waals surface area contributed by atoms with Gasteiger partial charge in [-0.3, -0.25) is 4.90 Å². The average molecular weight is 290 g/mol. The molecule has 0 bridgehead atoms. The normalized spacial score (nSPS) is 16.8. The molecule has 0 aliphatic carbocycles. The molecule has 0 spiro atoms. The van der Waals surface area contributed by atoms with Crippen LogP contribution in [0.4, 0.5) is 10.5 Å². The van der Waals surface area contributed by atoms with E-state index in [0.29, 0.717) is 13.0 Å². The third-order valence-corrected chi connectivity index (χ3v) is 4.11. The van der Waals surface area contributed by atoms with E-state index in [1.807, 2.05) is 38.1 Å². The van der Waals surface area contributed by atoms with Gasteiger partial charge in [0.15, 0.2) is 0 Å². The van der Waals surface area contributed by atoms with Crippen LogP contribution in [0.1, 0.15) is 32.3 Å². The number of benzene rings is 1. The molecule has 0 radical (unpaired) electrons. The summed E-state index contributed by atoms with van der Waals surface area (Å²) in [6.45, 7) is 4.38. The molecule has 1 heterocycles. The van der Waals surface area contributed by atoms with Gasteiger partial charge in [-0.2, -0.15) is 0 Å². The number of aliphatic carboxylic acids is 1. The fourth-order valence-electron chi connectivity index (χ4n) is 2.64. The van der Waals surface area contributed by atoms with E-state index in [9.17, 15) is 14.7 Å². The first-order valence-corrected chi connectivity index (χ1v) is 7.43. The van der Waals surface area contributed by atoms with Gasteiger partial charge in [0.1, 0.15) is 6.04 Å². The summed E-state index contributed by atoms with van der Waals surface area (Å²) in [5.41, 5.74) is 2.02. The second kappa shape index (κ2) is 6.61. The summed E-state index contributed by atoms with van der Waals surface area (Å²) >= 11 is 0. The van der Waals surface area contributed by atoms with E-state index in [1.54, 1.807) is 4.90 Å². The van der Waals surface area contributed by atoms with Crippen LogP contribution >= 0.6 is 0 Å². The van der Waals surface area contributed by atoms with Gasteiger partial charge in [0.25, 0.3) is 0 Å². The Morgan fingerprint density at radius 3 is 2.76 bits per heavy atom. The number of aryl methyl sites for hydroxylation is 1. The zero-order chi connectivity index (χ0) is 15.4. The fourth-order valence-corrected chi connectivity index (χ4v) is 2.64. The minimum atomic E-state index is -0.983. The molecule has 1 aromatic rings. The van der Waals surface area contributed by atoms with E-state index in [2.05, 4.69) is 5.32 Å². The Kier molecular flexibility index (Phi) is 4.83. The van der Waals surface area contributed by atoms with Crippen molar-refractivity contribution in [1.29, 1.82) is 0 Å². The summed E-state index contributed by atoms with van der Waals surface area (Å²) in [5, 5.41) is 11.9. The lowest BCUT2D eigenvalue weighted by Gasteiger charge is -2.31. The number of anilines is 1. The van der Waals surface area contributed by atoms with Gasteiger partial charge in [0.2, 0.25) is 0 Å². The molecule has 2 N–H and O–H groups in total. The predicted octanol–water partition coefficient (Wildman–Crippen LogP) is 2.65. The van der Waals surface area contributed by atoms with Gasteiger partial charge in [-0.05, 0) is 30.4 Å². The molecule has 5 nitrogen and oxygen atoms in total. The van der Waals surface area contributed by atoms with Gasteiger partial charge in [-0.25, -0.2) is 9.59 Å². The van der Waals surface area contributed by atoms with Crippen molar-refractivity contribution >= 4 is 17.7 Å². The molecule has 0 saturated heterocycles. The average Bonchev–Trinajstić information content (AvgIpc) is 2.50. The van der Waals surface area contributed by atoms with Crippen LogP contribution in [0.3, 0.4) is 0 Å². The van der Waals surface area contributed by atoms with Crippen molar-refractivity contribution in [2.24, 2.45) is 5.92 Å². The van der Waals surface area contributed by atoms with Crippen LogP contribution in [0.2, 0.25) is 0 Å². The lowest BCUT2D eigenvalue weighted by Crippen LogP contribution is -2.51. The number of nitrogens with zero attached hydrogens (tertiary/aromatic N) is 1. The Balaban J connectivity index is 2.15. The molecule has 2 atom stereocenters. The van der Waals surface area contributed by atoms with E-state index >= 15 is 0 Å².